The highest BCUT2D eigenvalue weighted by atomic mass is 19.1. The lowest BCUT2D eigenvalue weighted by Crippen LogP contribution is -2.20. The van der Waals surface area contributed by atoms with Crippen LogP contribution in [0.15, 0.2) is 48.5 Å². The van der Waals surface area contributed by atoms with Crippen molar-refractivity contribution in [2.75, 3.05) is 11.9 Å². The van der Waals surface area contributed by atoms with E-state index in [1.165, 1.54) is 24.3 Å². The largest absolute Gasteiger partial charge is 0.452 e. The molecular formula is C19H18FNO3. The van der Waals surface area contributed by atoms with Gasteiger partial charge < -0.3 is 10.1 Å². The number of hydrogen-bond donors (Lipinski definition) is 1. The molecule has 1 N–H and O–H groups in total. The molecule has 2 aromatic rings. The zero-order valence-corrected chi connectivity index (χ0v) is 13.5. The van der Waals surface area contributed by atoms with Gasteiger partial charge in [-0.3, -0.25) is 4.79 Å². The Kier molecular flexibility index (Phi) is 5.84. The highest BCUT2D eigenvalue weighted by Gasteiger charge is 2.06. The third-order valence-electron chi connectivity index (χ3n) is 3.11. The quantitative estimate of drug-likeness (QED) is 0.674. The Hall–Kier alpha value is -2.95. The van der Waals surface area contributed by atoms with E-state index in [9.17, 15) is 14.0 Å². The van der Waals surface area contributed by atoms with Crippen LogP contribution in [0, 0.1) is 19.7 Å². The Morgan fingerprint density at radius 1 is 1.12 bits per heavy atom. The van der Waals surface area contributed by atoms with E-state index >= 15 is 0 Å². The van der Waals surface area contributed by atoms with Crippen molar-refractivity contribution in [2.45, 2.75) is 13.8 Å². The first-order chi connectivity index (χ1) is 11.4. The molecule has 0 spiro atoms. The molecule has 0 saturated carbocycles. The molecular weight excluding hydrogens is 309 g/mol. The lowest BCUT2D eigenvalue weighted by molar-refractivity contribution is -0.142. The van der Waals surface area contributed by atoms with Crippen LogP contribution in [0.4, 0.5) is 10.1 Å². The van der Waals surface area contributed by atoms with E-state index in [1.54, 1.807) is 6.07 Å². The molecule has 0 unspecified atom stereocenters. The molecule has 0 bridgehead atoms. The number of esters is 1. The zero-order chi connectivity index (χ0) is 17.5. The zero-order valence-electron chi connectivity index (χ0n) is 13.5. The van der Waals surface area contributed by atoms with Crippen molar-refractivity contribution in [3.8, 4) is 0 Å². The van der Waals surface area contributed by atoms with Crippen LogP contribution in [0.5, 0.6) is 0 Å². The smallest absolute Gasteiger partial charge is 0.331 e. The van der Waals surface area contributed by atoms with E-state index in [4.69, 9.17) is 4.74 Å². The third-order valence-corrected chi connectivity index (χ3v) is 3.11. The summed E-state index contributed by atoms with van der Waals surface area (Å²) in [7, 11) is 0. The van der Waals surface area contributed by atoms with Crippen molar-refractivity contribution >= 4 is 23.6 Å². The van der Waals surface area contributed by atoms with Crippen molar-refractivity contribution in [1.82, 2.24) is 0 Å². The molecule has 2 rings (SSSR count). The number of hydrogen-bond acceptors (Lipinski definition) is 3. The lowest BCUT2D eigenvalue weighted by atomic mass is 10.1. The van der Waals surface area contributed by atoms with Crippen molar-refractivity contribution < 1.29 is 18.7 Å². The van der Waals surface area contributed by atoms with Crippen LogP contribution in [0.1, 0.15) is 16.7 Å². The van der Waals surface area contributed by atoms with Gasteiger partial charge >= 0.3 is 5.97 Å². The van der Waals surface area contributed by atoms with Crippen molar-refractivity contribution in [3.05, 3.63) is 71.0 Å². The standard InChI is InChI=1S/C19H18FNO3/c1-13-8-14(2)10-17(9-13)21-18(22)12-24-19(23)7-6-15-4-3-5-16(20)11-15/h3-11H,12H2,1-2H3,(H,21,22)/b7-6+. The van der Waals surface area contributed by atoms with E-state index in [0.29, 0.717) is 11.3 Å². The van der Waals surface area contributed by atoms with Gasteiger partial charge in [-0.05, 0) is 60.9 Å². The number of nitrogens with one attached hydrogen (secondary N) is 1. The molecule has 0 heterocycles. The van der Waals surface area contributed by atoms with Crippen LogP contribution >= 0.6 is 0 Å². The predicted octanol–water partition coefficient (Wildman–Crippen LogP) is 3.64. The van der Waals surface area contributed by atoms with Gasteiger partial charge in [0.15, 0.2) is 6.61 Å². The van der Waals surface area contributed by atoms with E-state index in [0.717, 1.165) is 17.2 Å². The van der Waals surface area contributed by atoms with Gasteiger partial charge in [0.2, 0.25) is 0 Å². The molecule has 0 aliphatic heterocycles. The summed E-state index contributed by atoms with van der Waals surface area (Å²) in [4.78, 5) is 23.4. The number of carbonyl (C=O) groups excluding carboxylic acids is 2. The van der Waals surface area contributed by atoms with Gasteiger partial charge in [-0.25, -0.2) is 9.18 Å². The molecule has 0 fully saturated rings. The van der Waals surface area contributed by atoms with Crippen molar-refractivity contribution in [3.63, 3.8) is 0 Å². The summed E-state index contributed by atoms with van der Waals surface area (Å²) in [6.45, 7) is 3.47. The molecule has 0 aliphatic rings. The highest BCUT2D eigenvalue weighted by molar-refractivity contribution is 5.94. The topological polar surface area (TPSA) is 55.4 Å². The van der Waals surface area contributed by atoms with Gasteiger partial charge in [0.1, 0.15) is 5.82 Å². The minimum absolute atomic E-state index is 0.390. The summed E-state index contributed by atoms with van der Waals surface area (Å²) in [6, 6.07) is 11.4. The minimum atomic E-state index is -0.671. The van der Waals surface area contributed by atoms with Crippen LogP contribution < -0.4 is 5.32 Å². The molecule has 0 saturated heterocycles. The summed E-state index contributed by atoms with van der Waals surface area (Å²) in [5.41, 5.74) is 3.25. The second-order valence-corrected chi connectivity index (χ2v) is 5.42. The second kappa shape index (κ2) is 8.06. The predicted molar refractivity (Wildman–Crippen MR) is 90.9 cm³/mol. The molecule has 5 heteroatoms. The first-order valence-corrected chi connectivity index (χ1v) is 7.41. The Morgan fingerprint density at radius 2 is 1.83 bits per heavy atom. The molecule has 0 radical (unpaired) electrons. The average Bonchev–Trinajstić information content (AvgIpc) is 2.50. The number of anilines is 1. The molecule has 124 valence electrons. The van der Waals surface area contributed by atoms with Crippen LogP contribution in [0.3, 0.4) is 0 Å². The maximum Gasteiger partial charge on any atom is 0.331 e. The van der Waals surface area contributed by atoms with E-state index < -0.39 is 17.7 Å². The van der Waals surface area contributed by atoms with Crippen LogP contribution in [-0.4, -0.2) is 18.5 Å². The Labute approximate surface area is 140 Å². The first-order valence-electron chi connectivity index (χ1n) is 7.41. The molecule has 0 aliphatic carbocycles. The number of benzene rings is 2. The first kappa shape index (κ1) is 17.4. The Bertz CT molecular complexity index is 764. The fourth-order valence-corrected chi connectivity index (χ4v) is 2.20. The van der Waals surface area contributed by atoms with Crippen molar-refractivity contribution in [2.24, 2.45) is 0 Å². The fourth-order valence-electron chi connectivity index (χ4n) is 2.20. The van der Waals surface area contributed by atoms with Gasteiger partial charge in [-0.2, -0.15) is 0 Å². The van der Waals surface area contributed by atoms with Gasteiger partial charge in [-0.15, -0.1) is 0 Å². The molecule has 2 aromatic carbocycles. The molecule has 0 aromatic heterocycles. The summed E-state index contributed by atoms with van der Waals surface area (Å²) in [6.07, 6.45) is 2.58. The third kappa shape index (κ3) is 5.68. The molecule has 1 amide bonds. The number of amides is 1. The van der Waals surface area contributed by atoms with Crippen LogP contribution in [-0.2, 0) is 14.3 Å². The maximum atomic E-state index is 13.0. The molecule has 24 heavy (non-hydrogen) atoms. The highest BCUT2D eigenvalue weighted by Crippen LogP contribution is 2.13. The minimum Gasteiger partial charge on any atom is -0.452 e. The Balaban J connectivity index is 1.83. The summed E-state index contributed by atoms with van der Waals surface area (Å²) in [5.74, 6) is -1.49. The van der Waals surface area contributed by atoms with E-state index in [-0.39, 0.29) is 6.61 Å². The summed E-state index contributed by atoms with van der Waals surface area (Å²) in [5, 5.41) is 2.67. The van der Waals surface area contributed by atoms with Crippen LogP contribution in [0.25, 0.3) is 6.08 Å². The fraction of sp³-hybridized carbons (Fsp3) is 0.158. The molecule has 0 atom stereocenters. The molecule has 4 nitrogen and oxygen atoms in total. The second-order valence-electron chi connectivity index (χ2n) is 5.42. The Morgan fingerprint density at radius 3 is 2.50 bits per heavy atom. The SMILES string of the molecule is Cc1cc(C)cc(NC(=O)COC(=O)/C=C/c2cccc(F)c2)c1. The van der Waals surface area contributed by atoms with E-state index in [2.05, 4.69) is 5.32 Å². The van der Waals surface area contributed by atoms with Gasteiger partial charge in [0, 0.05) is 11.8 Å². The van der Waals surface area contributed by atoms with Gasteiger partial charge in [0.25, 0.3) is 5.91 Å². The number of ether oxygens (including phenoxy) is 1. The summed E-state index contributed by atoms with van der Waals surface area (Å²) < 4.78 is 17.9. The number of aryl methyl sites for hydroxylation is 2. The van der Waals surface area contributed by atoms with Gasteiger partial charge in [-0.1, -0.05) is 18.2 Å². The lowest BCUT2D eigenvalue weighted by Gasteiger charge is -2.07. The van der Waals surface area contributed by atoms with Crippen molar-refractivity contribution in [1.29, 1.82) is 0 Å². The average molecular weight is 327 g/mol. The van der Waals surface area contributed by atoms with Crippen LogP contribution in [0.2, 0.25) is 0 Å². The van der Waals surface area contributed by atoms with E-state index in [1.807, 2.05) is 32.0 Å². The number of halogens is 1. The normalized spacial score (nSPS) is 10.6. The number of carbonyl (C=O) groups is 2. The monoisotopic (exact) mass is 327 g/mol. The maximum absolute atomic E-state index is 13.0. The van der Waals surface area contributed by atoms with Gasteiger partial charge in [0.05, 0.1) is 0 Å². The number of rotatable bonds is 5. The summed E-state index contributed by atoms with van der Waals surface area (Å²) >= 11 is 0.